The summed E-state index contributed by atoms with van der Waals surface area (Å²) in [5.41, 5.74) is 0. The van der Waals surface area contributed by atoms with Gasteiger partial charge in [0.15, 0.2) is 0 Å². The molecule has 0 bridgehead atoms. The second kappa shape index (κ2) is 14.2. The molecule has 0 spiro atoms. The predicted molar refractivity (Wildman–Crippen MR) is 85.2 cm³/mol. The molecule has 6 heteroatoms. The fourth-order valence-electron chi connectivity index (χ4n) is 1.77. The Morgan fingerprint density at radius 3 is 1.45 bits per heavy atom. The molecule has 0 amide bonds. The van der Waals surface area contributed by atoms with Crippen LogP contribution < -0.4 is 0 Å². The quantitative estimate of drug-likeness (QED) is 0.432. The van der Waals surface area contributed by atoms with Crippen LogP contribution in [0.3, 0.4) is 0 Å². The lowest BCUT2D eigenvalue weighted by molar-refractivity contribution is 1.16. The van der Waals surface area contributed by atoms with Crippen LogP contribution in [0.4, 0.5) is 0 Å². The predicted octanol–water partition coefficient (Wildman–Crippen LogP) is 3.61. The van der Waals surface area contributed by atoms with Crippen LogP contribution in [0.1, 0.15) is 19.3 Å². The molecule has 0 fully saturated rings. The van der Waals surface area contributed by atoms with E-state index in [-0.39, 0.29) is 15.8 Å². The molecule has 0 rings (SSSR count). The average Bonchev–Trinajstić information content (AvgIpc) is 2.48. The van der Waals surface area contributed by atoms with E-state index in [0.717, 1.165) is 37.0 Å². The van der Waals surface area contributed by atoms with E-state index in [2.05, 4.69) is 23.1 Å². The van der Waals surface area contributed by atoms with Crippen LogP contribution in [0, 0.1) is 40.6 Å². The van der Waals surface area contributed by atoms with Crippen molar-refractivity contribution in [3.63, 3.8) is 0 Å². The molecule has 0 aliphatic heterocycles. The van der Waals surface area contributed by atoms with Gasteiger partial charge >= 0.3 is 0 Å². The summed E-state index contributed by atoms with van der Waals surface area (Å²) >= 11 is 0. The number of hydrogen-bond acceptors (Lipinski definition) is 3. The highest BCUT2D eigenvalue weighted by atomic mass is 31.1. The van der Waals surface area contributed by atoms with Gasteiger partial charge in [0.25, 0.3) is 0 Å². The second-order valence-electron chi connectivity index (χ2n) is 4.29. The molecule has 106 valence electrons. The maximum absolute atomic E-state index is 8.68. The average molecular weight is 306 g/mol. The smallest absolute Gasteiger partial charge is 0.218 e. The summed E-state index contributed by atoms with van der Waals surface area (Å²) in [7, 11) is -0.445. The third-order valence-electron chi connectivity index (χ3n) is 2.88. The van der Waals surface area contributed by atoms with Crippen LogP contribution in [-0.4, -0.2) is 43.5 Å². The number of rotatable bonds is 11. The lowest BCUT2D eigenvalue weighted by Crippen LogP contribution is -2.03. The molecular weight excluding hydrogens is 286 g/mol. The van der Waals surface area contributed by atoms with E-state index in [1.165, 1.54) is 0 Å². The van der Waals surface area contributed by atoms with E-state index in [4.69, 9.17) is 22.4 Å². The Labute approximate surface area is 124 Å². The van der Waals surface area contributed by atoms with E-state index in [9.17, 15) is 0 Å². The van der Waals surface area contributed by atoms with Crippen molar-refractivity contribution < 1.29 is 0 Å². The molecule has 1 atom stereocenters. The zero-order valence-electron chi connectivity index (χ0n) is 11.8. The summed E-state index contributed by atoms with van der Waals surface area (Å²) in [6.07, 6.45) is 7.64. The number of nitriles is 3. The summed E-state index contributed by atoms with van der Waals surface area (Å²) in [6.45, 7) is 7.43. The molecule has 0 aromatic rings. The Hall–Kier alpha value is -1.18. The van der Waals surface area contributed by atoms with Crippen molar-refractivity contribution in [2.24, 2.45) is 0 Å². The largest absolute Gasteiger partial charge is 0.317 e. The van der Waals surface area contributed by atoms with Crippen molar-refractivity contribution >= 4 is 15.8 Å². The van der Waals surface area contributed by atoms with Gasteiger partial charge in [-0.05, 0) is 30.8 Å². The highest BCUT2D eigenvalue weighted by molar-refractivity contribution is 7.61. The zero-order valence-corrected chi connectivity index (χ0v) is 13.5. The third-order valence-corrected chi connectivity index (χ3v) is 8.35. The van der Waals surface area contributed by atoms with E-state index in [1.54, 1.807) is 0 Å². The van der Waals surface area contributed by atoms with Crippen molar-refractivity contribution in [2.75, 3.05) is 43.5 Å². The van der Waals surface area contributed by atoms with Gasteiger partial charge in [-0.1, -0.05) is 7.92 Å². The highest BCUT2D eigenvalue weighted by Crippen LogP contribution is 2.43. The van der Waals surface area contributed by atoms with E-state index >= 15 is 0 Å². The molecule has 0 aliphatic rings. The van der Waals surface area contributed by atoms with Crippen molar-refractivity contribution in [1.29, 1.82) is 15.8 Å². The minimum Gasteiger partial charge on any atom is -0.317 e. The van der Waals surface area contributed by atoms with Crippen LogP contribution in [-0.2, 0) is 0 Å². The summed E-state index contributed by atoms with van der Waals surface area (Å²) in [5.74, 6) is 0. The van der Waals surface area contributed by atoms with Gasteiger partial charge in [0.05, 0.1) is 18.2 Å². The second-order valence-corrected chi connectivity index (χ2v) is 9.66. The van der Waals surface area contributed by atoms with Crippen molar-refractivity contribution in [3.8, 4) is 18.2 Å². The van der Waals surface area contributed by atoms with Gasteiger partial charge in [0.2, 0.25) is 6.54 Å². The molecule has 0 aromatic carbocycles. The van der Waals surface area contributed by atoms with E-state index in [1.807, 2.05) is 0 Å². The Morgan fingerprint density at radius 2 is 1.10 bits per heavy atom. The molecule has 0 heterocycles. The molecule has 20 heavy (non-hydrogen) atoms. The molecule has 0 N–H and O–H groups in total. The third kappa shape index (κ3) is 10.7. The zero-order chi connectivity index (χ0) is 15.1. The van der Waals surface area contributed by atoms with Crippen molar-refractivity contribution in [1.82, 2.24) is 0 Å². The maximum atomic E-state index is 8.68. The first-order valence-corrected chi connectivity index (χ1v) is 10.5. The fourth-order valence-corrected chi connectivity index (χ4v) is 7.01. The minimum atomic E-state index is -0.224. The van der Waals surface area contributed by atoms with Gasteiger partial charge in [0.1, 0.15) is 0 Å². The van der Waals surface area contributed by atoms with Crippen molar-refractivity contribution in [3.05, 3.63) is 11.4 Å². The van der Waals surface area contributed by atoms with Gasteiger partial charge in [-0.15, -0.1) is 7.92 Å². The lowest BCUT2D eigenvalue weighted by atomic mass is 10.5. The summed E-state index contributed by atoms with van der Waals surface area (Å²) in [4.78, 5) is 3.41. The van der Waals surface area contributed by atoms with E-state index in [0.29, 0.717) is 25.8 Å². The first-order chi connectivity index (χ1) is 9.78. The molecule has 0 aliphatic carbocycles. The van der Waals surface area contributed by atoms with Crippen LogP contribution in [0.15, 0.2) is 0 Å². The molecule has 0 radical (unpaired) electrons. The van der Waals surface area contributed by atoms with Gasteiger partial charge < -0.3 is 4.85 Å². The molecule has 0 saturated carbocycles. The van der Waals surface area contributed by atoms with Gasteiger partial charge in [-0.25, -0.2) is 6.57 Å². The molecule has 4 nitrogen and oxygen atoms in total. The number of nitrogens with zero attached hydrogens (tertiary/aromatic N) is 4. The fraction of sp³-hybridized carbons (Fsp3) is 0.714. The monoisotopic (exact) mass is 306 g/mol. The minimum absolute atomic E-state index is 0.221. The summed E-state index contributed by atoms with van der Waals surface area (Å²) in [6, 6.07) is 6.56. The van der Waals surface area contributed by atoms with E-state index < -0.39 is 0 Å². The Bertz CT molecular complexity index is 335. The molecule has 1 unspecified atom stereocenters. The molecule has 0 saturated heterocycles. The standard InChI is InChI=1S/C14H20N4P2/c1-18-8-12-20(11-4-7-17)14-13-19(9-2-5-15)10-3-6-16/h2-4,8-14H2. The Balaban J connectivity index is 4.22. The first-order valence-electron chi connectivity index (χ1n) is 6.67. The van der Waals surface area contributed by atoms with Gasteiger partial charge in [-0.3, -0.25) is 0 Å². The van der Waals surface area contributed by atoms with Gasteiger partial charge in [0, 0.05) is 25.4 Å². The van der Waals surface area contributed by atoms with Crippen molar-refractivity contribution in [2.45, 2.75) is 19.3 Å². The Morgan fingerprint density at radius 1 is 0.700 bits per heavy atom. The maximum Gasteiger partial charge on any atom is 0.218 e. The van der Waals surface area contributed by atoms with Crippen LogP contribution in [0.25, 0.3) is 4.85 Å². The topological polar surface area (TPSA) is 75.7 Å². The Kier molecular flexibility index (Phi) is 13.4. The molecular formula is C14H20N4P2. The van der Waals surface area contributed by atoms with Crippen LogP contribution in [0.5, 0.6) is 0 Å². The highest BCUT2D eigenvalue weighted by Gasteiger charge is 2.13. The van der Waals surface area contributed by atoms with Crippen LogP contribution in [0.2, 0.25) is 0 Å². The first kappa shape index (κ1) is 18.8. The molecule has 0 aromatic heterocycles. The summed E-state index contributed by atoms with van der Waals surface area (Å²) in [5, 5.41) is 26.0. The number of hydrogen-bond donors (Lipinski definition) is 0. The van der Waals surface area contributed by atoms with Gasteiger partial charge in [-0.2, -0.15) is 15.8 Å². The normalized spacial score (nSPS) is 11.1. The lowest BCUT2D eigenvalue weighted by Gasteiger charge is -2.19. The summed E-state index contributed by atoms with van der Waals surface area (Å²) < 4.78 is 0. The SMILES string of the molecule is [C-]#[N+]CCP(CCC#N)CCP(CCC#N)CCC#N. The van der Waals surface area contributed by atoms with Crippen LogP contribution >= 0.6 is 15.8 Å².